The Kier molecular flexibility index (Phi) is 9.61. The third kappa shape index (κ3) is 6.76. The number of hydrogen-bond donors (Lipinski definition) is 5. The van der Waals surface area contributed by atoms with Gasteiger partial charge in [-0.1, -0.05) is 6.07 Å². The Balaban J connectivity index is 1.85. The van der Waals surface area contributed by atoms with Crippen LogP contribution < -0.4 is 4.74 Å². The average Bonchev–Trinajstić information content (AvgIpc) is 2.80. The summed E-state index contributed by atoms with van der Waals surface area (Å²) in [7, 11) is 1.40. The van der Waals surface area contributed by atoms with Gasteiger partial charge >= 0.3 is 5.97 Å². The molecule has 1 saturated heterocycles. The van der Waals surface area contributed by atoms with E-state index in [1.54, 1.807) is 6.07 Å². The van der Waals surface area contributed by atoms with E-state index in [9.17, 15) is 25.2 Å². The van der Waals surface area contributed by atoms with Crippen molar-refractivity contribution in [1.82, 2.24) is 0 Å². The van der Waals surface area contributed by atoms with Crippen molar-refractivity contribution >= 4 is 12.0 Å². The summed E-state index contributed by atoms with van der Waals surface area (Å²) < 4.78 is 20.4. The molecular weight excluding hydrogens is 426 g/mol. The summed E-state index contributed by atoms with van der Waals surface area (Å²) in [5, 5.41) is 57.2. The van der Waals surface area contributed by atoms with Gasteiger partial charge in [0.1, 0.15) is 31.0 Å². The largest absolute Gasteiger partial charge is 0.504 e. The van der Waals surface area contributed by atoms with Gasteiger partial charge in [-0.3, -0.25) is 0 Å². The molecule has 1 fully saturated rings. The fourth-order valence-corrected chi connectivity index (χ4v) is 2.74. The highest BCUT2D eigenvalue weighted by molar-refractivity contribution is 5.87. The molecule has 1 aromatic rings. The zero-order valence-corrected chi connectivity index (χ0v) is 17.2. The Morgan fingerprint density at radius 1 is 1.25 bits per heavy atom. The summed E-state index contributed by atoms with van der Waals surface area (Å²) in [6, 6.07) is 6.34. The van der Waals surface area contributed by atoms with Crippen LogP contribution in [-0.2, 0) is 19.0 Å². The molecule has 0 amide bonds. The number of hydrogen-bond acceptors (Lipinski definition) is 11. The van der Waals surface area contributed by atoms with Gasteiger partial charge in [0.15, 0.2) is 17.8 Å². The van der Waals surface area contributed by atoms with Gasteiger partial charge in [0.05, 0.1) is 32.0 Å². The van der Waals surface area contributed by atoms with Crippen molar-refractivity contribution < 1.29 is 49.3 Å². The lowest BCUT2D eigenvalue weighted by Crippen LogP contribution is -2.59. The smallest absolute Gasteiger partial charge is 0.331 e. The van der Waals surface area contributed by atoms with E-state index in [1.165, 1.54) is 31.4 Å². The summed E-state index contributed by atoms with van der Waals surface area (Å²) in [4.78, 5) is 11.9. The SMILES string of the molecule is COc1cc(C=CC(=O)OCC(C#N)=CCOC2OC(CO)C(O)C(O)C2O)ccc1O. The maximum absolute atomic E-state index is 11.9. The number of carbonyl (C=O) groups is 1. The highest BCUT2D eigenvalue weighted by Crippen LogP contribution is 2.26. The molecule has 0 bridgehead atoms. The Morgan fingerprint density at radius 2 is 2.00 bits per heavy atom. The molecule has 0 saturated carbocycles. The predicted octanol–water partition coefficient (Wildman–Crippen LogP) is -0.776. The number of nitrogens with zero attached hydrogens (tertiary/aromatic N) is 1. The zero-order valence-electron chi connectivity index (χ0n) is 17.2. The molecule has 5 atom stereocenters. The number of aromatic hydroxyl groups is 1. The molecule has 32 heavy (non-hydrogen) atoms. The number of carbonyl (C=O) groups excluding carboxylic acids is 1. The van der Waals surface area contributed by atoms with Gasteiger partial charge in [0, 0.05) is 6.08 Å². The first kappa shape index (κ1) is 25.3. The monoisotopic (exact) mass is 451 g/mol. The molecule has 174 valence electrons. The lowest BCUT2D eigenvalue weighted by molar-refractivity contribution is -0.298. The minimum Gasteiger partial charge on any atom is -0.504 e. The van der Waals surface area contributed by atoms with Crippen molar-refractivity contribution in [1.29, 1.82) is 5.26 Å². The van der Waals surface area contributed by atoms with Crippen molar-refractivity contribution in [3.63, 3.8) is 0 Å². The number of ether oxygens (including phenoxy) is 4. The van der Waals surface area contributed by atoms with Gasteiger partial charge in [-0.15, -0.1) is 0 Å². The first-order chi connectivity index (χ1) is 15.3. The molecule has 5 unspecified atom stereocenters. The lowest BCUT2D eigenvalue weighted by Gasteiger charge is -2.39. The van der Waals surface area contributed by atoms with Crippen LogP contribution in [0.2, 0.25) is 0 Å². The number of aliphatic hydroxyl groups excluding tert-OH is 4. The van der Waals surface area contributed by atoms with Crippen LogP contribution in [0, 0.1) is 11.3 Å². The molecule has 1 heterocycles. The second-order valence-electron chi connectivity index (χ2n) is 6.74. The highest BCUT2D eigenvalue weighted by atomic mass is 16.7. The van der Waals surface area contributed by atoms with Gasteiger partial charge in [-0.2, -0.15) is 5.26 Å². The van der Waals surface area contributed by atoms with Crippen LogP contribution in [0.5, 0.6) is 11.5 Å². The molecule has 0 spiro atoms. The molecule has 1 aliphatic heterocycles. The molecule has 1 aromatic carbocycles. The van der Waals surface area contributed by atoms with Gasteiger partial charge in [0.2, 0.25) is 0 Å². The minimum atomic E-state index is -1.58. The fraction of sp³-hybridized carbons (Fsp3) is 0.429. The third-order valence-corrected chi connectivity index (χ3v) is 4.57. The van der Waals surface area contributed by atoms with Gasteiger partial charge < -0.3 is 44.5 Å². The average molecular weight is 451 g/mol. The van der Waals surface area contributed by atoms with Gasteiger partial charge in [-0.05, 0) is 29.8 Å². The number of esters is 1. The molecule has 0 aliphatic carbocycles. The topological polar surface area (TPSA) is 179 Å². The van der Waals surface area contributed by atoms with Crippen LogP contribution >= 0.6 is 0 Å². The van der Waals surface area contributed by atoms with Crippen LogP contribution in [0.4, 0.5) is 0 Å². The van der Waals surface area contributed by atoms with E-state index in [-0.39, 0.29) is 30.3 Å². The van der Waals surface area contributed by atoms with Crippen molar-refractivity contribution in [2.75, 3.05) is 26.9 Å². The summed E-state index contributed by atoms with van der Waals surface area (Å²) in [5.74, 6) is -0.510. The van der Waals surface area contributed by atoms with Crippen LogP contribution in [0.25, 0.3) is 6.08 Å². The molecule has 5 N–H and O–H groups in total. The Hall–Kier alpha value is -2.98. The number of nitriles is 1. The van der Waals surface area contributed by atoms with Gasteiger partial charge in [-0.25, -0.2) is 4.79 Å². The summed E-state index contributed by atoms with van der Waals surface area (Å²) >= 11 is 0. The maximum Gasteiger partial charge on any atom is 0.331 e. The summed E-state index contributed by atoms with van der Waals surface area (Å²) in [6.07, 6.45) is -3.21. The molecule has 0 aromatic heterocycles. The van der Waals surface area contributed by atoms with Gasteiger partial charge in [0.25, 0.3) is 0 Å². The number of benzene rings is 1. The molecule has 11 nitrogen and oxygen atoms in total. The lowest BCUT2D eigenvalue weighted by atomic mass is 9.99. The number of phenols is 1. The predicted molar refractivity (Wildman–Crippen MR) is 108 cm³/mol. The van der Waals surface area contributed by atoms with E-state index in [4.69, 9.17) is 29.3 Å². The van der Waals surface area contributed by atoms with Crippen LogP contribution in [-0.4, -0.2) is 89.1 Å². The molecule has 11 heteroatoms. The number of rotatable bonds is 9. The second kappa shape index (κ2) is 12.2. The Morgan fingerprint density at radius 3 is 2.66 bits per heavy atom. The Labute approximate surface area is 183 Å². The first-order valence-electron chi connectivity index (χ1n) is 9.53. The molecule has 2 rings (SSSR count). The van der Waals surface area contributed by atoms with Crippen LogP contribution in [0.1, 0.15) is 5.56 Å². The van der Waals surface area contributed by atoms with E-state index in [0.29, 0.717) is 5.56 Å². The number of aliphatic hydroxyl groups is 4. The number of methoxy groups -OCH3 is 1. The zero-order chi connectivity index (χ0) is 23.7. The molecule has 0 radical (unpaired) electrons. The van der Waals surface area contributed by atoms with E-state index in [0.717, 1.165) is 6.08 Å². The maximum atomic E-state index is 11.9. The van der Waals surface area contributed by atoms with Crippen molar-refractivity contribution in [3.05, 3.63) is 41.5 Å². The normalized spacial score (nSPS) is 26.0. The fourth-order valence-electron chi connectivity index (χ4n) is 2.74. The van der Waals surface area contributed by atoms with Crippen LogP contribution in [0.15, 0.2) is 35.9 Å². The van der Waals surface area contributed by atoms with Crippen molar-refractivity contribution in [2.45, 2.75) is 30.7 Å². The summed E-state index contributed by atoms with van der Waals surface area (Å²) in [6.45, 7) is -1.16. The highest BCUT2D eigenvalue weighted by Gasteiger charge is 2.43. The standard InChI is InChI=1S/C21H25NO10/c1-29-15-8-12(2-4-14(15)24)3-5-17(25)31-11-13(9-22)6-7-30-21-20(28)19(27)18(26)16(10-23)32-21/h2-6,8,16,18-21,23-24,26-28H,7,10-11H2,1H3. The molecular formula is C21H25NO10. The van der Waals surface area contributed by atoms with E-state index >= 15 is 0 Å². The van der Waals surface area contributed by atoms with Crippen molar-refractivity contribution in [3.8, 4) is 17.6 Å². The second-order valence-corrected chi connectivity index (χ2v) is 6.74. The minimum absolute atomic E-state index is 0.0399. The van der Waals surface area contributed by atoms with E-state index in [1.807, 2.05) is 6.07 Å². The van der Waals surface area contributed by atoms with E-state index in [2.05, 4.69) is 0 Å². The quantitative estimate of drug-likeness (QED) is 0.181. The third-order valence-electron chi connectivity index (χ3n) is 4.57. The first-order valence-corrected chi connectivity index (χ1v) is 9.53. The Bertz CT molecular complexity index is 876. The molecule has 1 aliphatic rings. The van der Waals surface area contributed by atoms with Crippen molar-refractivity contribution in [2.24, 2.45) is 0 Å². The number of phenolic OH excluding ortho intramolecular Hbond substituents is 1. The summed E-state index contributed by atoms with van der Waals surface area (Å²) in [5.41, 5.74) is 0.642. The van der Waals surface area contributed by atoms with E-state index < -0.39 is 43.3 Å². The van der Waals surface area contributed by atoms with Crippen LogP contribution in [0.3, 0.4) is 0 Å².